The van der Waals surface area contributed by atoms with Crippen LogP contribution in [0.15, 0.2) is 42.6 Å². The molecule has 1 amide bonds. The minimum Gasteiger partial charge on any atom is -0.339 e. The lowest BCUT2D eigenvalue weighted by molar-refractivity contribution is -0.134. The van der Waals surface area contributed by atoms with Gasteiger partial charge in [-0.2, -0.15) is 5.10 Å². The van der Waals surface area contributed by atoms with Gasteiger partial charge in [0, 0.05) is 45.0 Å². The summed E-state index contributed by atoms with van der Waals surface area (Å²) in [6.45, 7) is 2.49. The monoisotopic (exact) mass is 312 g/mol. The van der Waals surface area contributed by atoms with Gasteiger partial charge in [-0.15, -0.1) is 0 Å². The number of hydrogen-bond acceptors (Lipinski definition) is 3. The molecule has 1 aliphatic rings. The van der Waals surface area contributed by atoms with Gasteiger partial charge in [0.1, 0.15) is 0 Å². The van der Waals surface area contributed by atoms with Crippen LogP contribution in [0.4, 0.5) is 0 Å². The SMILES string of the molecule is CN1CCN(C(=O)CCc2ccnn2C)CC1c1ccccc1. The molecule has 1 aliphatic heterocycles. The number of aromatic nitrogens is 2. The van der Waals surface area contributed by atoms with Gasteiger partial charge >= 0.3 is 0 Å². The van der Waals surface area contributed by atoms with Crippen molar-refractivity contribution in [2.45, 2.75) is 18.9 Å². The lowest BCUT2D eigenvalue weighted by atomic mass is 10.0. The Balaban J connectivity index is 1.61. The van der Waals surface area contributed by atoms with Crippen LogP contribution in [0.3, 0.4) is 0 Å². The Hall–Kier alpha value is -2.14. The molecule has 0 saturated carbocycles. The number of carbonyl (C=O) groups is 1. The fourth-order valence-electron chi connectivity index (χ4n) is 3.17. The number of carbonyl (C=O) groups excluding carboxylic acids is 1. The molecular formula is C18H24N4O. The quantitative estimate of drug-likeness (QED) is 0.865. The van der Waals surface area contributed by atoms with Crippen LogP contribution >= 0.6 is 0 Å². The molecule has 0 spiro atoms. The average Bonchev–Trinajstić information content (AvgIpc) is 2.99. The Morgan fingerprint density at radius 2 is 1.96 bits per heavy atom. The van der Waals surface area contributed by atoms with E-state index in [0.717, 1.165) is 31.7 Å². The van der Waals surface area contributed by atoms with Crippen molar-refractivity contribution in [2.75, 3.05) is 26.7 Å². The van der Waals surface area contributed by atoms with E-state index in [2.05, 4.69) is 41.3 Å². The lowest BCUT2D eigenvalue weighted by Crippen LogP contribution is -2.49. The maximum absolute atomic E-state index is 12.6. The van der Waals surface area contributed by atoms with Crippen LogP contribution in [0.1, 0.15) is 23.7 Å². The number of rotatable bonds is 4. The molecule has 2 aromatic rings. The van der Waals surface area contributed by atoms with Gasteiger partial charge in [0.25, 0.3) is 0 Å². The number of amides is 1. The standard InChI is InChI=1S/C18H24N4O/c1-20-12-13-22(14-17(20)15-6-4-3-5-7-15)18(23)9-8-16-10-11-19-21(16)2/h3-7,10-11,17H,8-9,12-14H2,1-2H3. The van der Waals surface area contributed by atoms with Crippen LogP contribution in [0.5, 0.6) is 0 Å². The first kappa shape index (κ1) is 15.7. The number of likely N-dealkylation sites (N-methyl/N-ethyl adjacent to an activating group) is 1. The summed E-state index contributed by atoms with van der Waals surface area (Å²) in [6.07, 6.45) is 3.07. The summed E-state index contributed by atoms with van der Waals surface area (Å²) >= 11 is 0. The Kier molecular flexibility index (Phi) is 4.76. The molecule has 1 unspecified atom stereocenters. The molecule has 122 valence electrons. The van der Waals surface area contributed by atoms with Crippen molar-refractivity contribution in [1.29, 1.82) is 0 Å². The summed E-state index contributed by atoms with van der Waals surface area (Å²) in [5.74, 6) is 0.236. The van der Waals surface area contributed by atoms with Crippen molar-refractivity contribution in [3.63, 3.8) is 0 Å². The molecular weight excluding hydrogens is 288 g/mol. The maximum Gasteiger partial charge on any atom is 0.223 e. The highest BCUT2D eigenvalue weighted by atomic mass is 16.2. The van der Waals surface area contributed by atoms with E-state index in [4.69, 9.17) is 0 Å². The maximum atomic E-state index is 12.6. The number of benzene rings is 1. The summed E-state index contributed by atoms with van der Waals surface area (Å²) in [5.41, 5.74) is 2.38. The van der Waals surface area contributed by atoms with Crippen molar-refractivity contribution in [3.05, 3.63) is 53.9 Å². The van der Waals surface area contributed by atoms with E-state index in [0.29, 0.717) is 6.42 Å². The van der Waals surface area contributed by atoms with Gasteiger partial charge in [-0.3, -0.25) is 14.4 Å². The molecule has 23 heavy (non-hydrogen) atoms. The van der Waals surface area contributed by atoms with Crippen LogP contribution < -0.4 is 0 Å². The molecule has 5 nitrogen and oxygen atoms in total. The zero-order chi connectivity index (χ0) is 16.2. The average molecular weight is 312 g/mol. The van der Waals surface area contributed by atoms with Crippen LogP contribution in [0.25, 0.3) is 0 Å². The van der Waals surface area contributed by atoms with Gasteiger partial charge in [-0.25, -0.2) is 0 Å². The van der Waals surface area contributed by atoms with Crippen molar-refractivity contribution in [3.8, 4) is 0 Å². The van der Waals surface area contributed by atoms with Gasteiger partial charge in [0.2, 0.25) is 5.91 Å². The highest BCUT2D eigenvalue weighted by Crippen LogP contribution is 2.24. The molecule has 1 atom stereocenters. The van der Waals surface area contributed by atoms with Gasteiger partial charge in [0.05, 0.1) is 6.04 Å². The Morgan fingerprint density at radius 3 is 2.65 bits per heavy atom. The molecule has 0 N–H and O–H groups in total. The summed E-state index contributed by atoms with van der Waals surface area (Å²) < 4.78 is 1.84. The van der Waals surface area contributed by atoms with Crippen LogP contribution in [0.2, 0.25) is 0 Å². The van der Waals surface area contributed by atoms with Crippen LogP contribution in [-0.2, 0) is 18.3 Å². The first-order valence-electron chi connectivity index (χ1n) is 8.15. The zero-order valence-electron chi connectivity index (χ0n) is 13.9. The fraction of sp³-hybridized carbons (Fsp3) is 0.444. The van der Waals surface area contributed by atoms with E-state index in [1.165, 1.54) is 5.56 Å². The van der Waals surface area contributed by atoms with Gasteiger partial charge < -0.3 is 4.90 Å². The highest BCUT2D eigenvalue weighted by molar-refractivity contribution is 5.76. The minimum atomic E-state index is 0.236. The first-order chi connectivity index (χ1) is 11.1. The molecule has 1 fully saturated rings. The summed E-state index contributed by atoms with van der Waals surface area (Å²) in [7, 11) is 4.05. The first-order valence-corrected chi connectivity index (χ1v) is 8.15. The van der Waals surface area contributed by atoms with E-state index >= 15 is 0 Å². The Bertz CT molecular complexity index is 652. The molecule has 0 bridgehead atoms. The van der Waals surface area contributed by atoms with Crippen molar-refractivity contribution < 1.29 is 4.79 Å². The second-order valence-corrected chi connectivity index (χ2v) is 6.19. The molecule has 0 aliphatic carbocycles. The molecule has 2 heterocycles. The topological polar surface area (TPSA) is 41.4 Å². The lowest BCUT2D eigenvalue weighted by Gasteiger charge is -2.39. The van der Waals surface area contributed by atoms with Crippen LogP contribution in [-0.4, -0.2) is 52.2 Å². The molecule has 3 rings (SSSR count). The third-order valence-corrected chi connectivity index (χ3v) is 4.70. The van der Waals surface area contributed by atoms with Crippen LogP contribution in [0, 0.1) is 0 Å². The van der Waals surface area contributed by atoms with E-state index in [9.17, 15) is 4.79 Å². The van der Waals surface area contributed by atoms with Crippen molar-refractivity contribution in [1.82, 2.24) is 19.6 Å². The summed E-state index contributed by atoms with van der Waals surface area (Å²) in [6, 6.07) is 12.7. The molecule has 5 heteroatoms. The Labute approximate surface area is 137 Å². The van der Waals surface area contributed by atoms with E-state index < -0.39 is 0 Å². The Morgan fingerprint density at radius 1 is 1.17 bits per heavy atom. The number of hydrogen-bond donors (Lipinski definition) is 0. The van der Waals surface area contributed by atoms with Gasteiger partial charge in [-0.1, -0.05) is 30.3 Å². The third-order valence-electron chi connectivity index (χ3n) is 4.70. The van der Waals surface area contributed by atoms with Gasteiger partial charge in [-0.05, 0) is 25.1 Å². The second-order valence-electron chi connectivity index (χ2n) is 6.19. The van der Waals surface area contributed by atoms with E-state index in [1.807, 2.05) is 28.8 Å². The predicted molar refractivity (Wildman–Crippen MR) is 89.9 cm³/mol. The number of piperazine rings is 1. The highest BCUT2D eigenvalue weighted by Gasteiger charge is 2.28. The van der Waals surface area contributed by atoms with E-state index in [1.54, 1.807) is 6.20 Å². The molecule has 1 saturated heterocycles. The minimum absolute atomic E-state index is 0.236. The predicted octanol–water partition coefficient (Wildman–Crippen LogP) is 1.87. The molecule has 1 aromatic carbocycles. The van der Waals surface area contributed by atoms with Crippen molar-refractivity contribution in [2.24, 2.45) is 7.05 Å². The third kappa shape index (κ3) is 3.62. The van der Waals surface area contributed by atoms with E-state index in [-0.39, 0.29) is 11.9 Å². The number of nitrogens with zero attached hydrogens (tertiary/aromatic N) is 4. The smallest absolute Gasteiger partial charge is 0.223 e. The summed E-state index contributed by atoms with van der Waals surface area (Å²) in [5, 5.41) is 4.15. The van der Waals surface area contributed by atoms with Crippen molar-refractivity contribution >= 4 is 5.91 Å². The van der Waals surface area contributed by atoms with Gasteiger partial charge in [0.15, 0.2) is 0 Å². The molecule has 1 aromatic heterocycles. The summed E-state index contributed by atoms with van der Waals surface area (Å²) in [4.78, 5) is 16.9. The normalized spacial score (nSPS) is 19.0. The zero-order valence-corrected chi connectivity index (χ0v) is 13.9. The second kappa shape index (κ2) is 6.96. The largest absolute Gasteiger partial charge is 0.339 e. The fourth-order valence-corrected chi connectivity index (χ4v) is 3.17. The number of aryl methyl sites for hydroxylation is 2. The molecule has 0 radical (unpaired) electrons.